The third-order valence-electron chi connectivity index (χ3n) is 2.33. The predicted molar refractivity (Wildman–Crippen MR) is 86.1 cm³/mol. The lowest BCUT2D eigenvalue weighted by molar-refractivity contribution is 1.31. The summed E-state index contributed by atoms with van der Waals surface area (Å²) < 4.78 is 0.739. The van der Waals surface area contributed by atoms with Gasteiger partial charge in [-0.1, -0.05) is 26.0 Å². The van der Waals surface area contributed by atoms with Gasteiger partial charge < -0.3 is 4.98 Å². The molecular formula is C15H18N2OS. The highest BCUT2D eigenvalue weighted by Crippen LogP contribution is 2.18. The first-order chi connectivity index (χ1) is 9.26. The zero-order valence-corrected chi connectivity index (χ0v) is 12.3. The van der Waals surface area contributed by atoms with Gasteiger partial charge in [-0.2, -0.15) is 0 Å². The second-order valence-corrected chi connectivity index (χ2v) is 4.36. The molecule has 0 saturated carbocycles. The maximum atomic E-state index is 11.8. The van der Waals surface area contributed by atoms with Crippen LogP contribution in [0.15, 0.2) is 45.5 Å². The van der Waals surface area contributed by atoms with Gasteiger partial charge >= 0.3 is 0 Å². The second kappa shape index (κ2) is 7.48. The van der Waals surface area contributed by atoms with E-state index in [4.69, 9.17) is 0 Å². The minimum absolute atomic E-state index is 0.0128. The van der Waals surface area contributed by atoms with E-state index in [0.717, 1.165) is 10.2 Å². The average molecular weight is 274 g/mol. The van der Waals surface area contributed by atoms with Crippen LogP contribution in [0.5, 0.6) is 0 Å². The lowest BCUT2D eigenvalue weighted by Gasteiger charge is -2.01. The lowest BCUT2D eigenvalue weighted by atomic mass is 10.2. The van der Waals surface area contributed by atoms with Crippen LogP contribution in [0.2, 0.25) is 0 Å². The maximum Gasteiger partial charge on any atom is 0.200 e. The van der Waals surface area contributed by atoms with Crippen molar-refractivity contribution in [1.82, 2.24) is 4.98 Å². The van der Waals surface area contributed by atoms with Crippen LogP contribution in [-0.4, -0.2) is 11.7 Å². The summed E-state index contributed by atoms with van der Waals surface area (Å²) in [5.41, 5.74) is 2.20. The lowest BCUT2D eigenvalue weighted by Crippen LogP contribution is -2.01. The van der Waals surface area contributed by atoms with Gasteiger partial charge in [0, 0.05) is 6.07 Å². The molecule has 2 rings (SSSR count). The van der Waals surface area contributed by atoms with Crippen LogP contribution in [-0.2, 0) is 0 Å². The molecule has 0 unspecified atom stereocenters. The molecule has 0 atom stereocenters. The Labute approximate surface area is 117 Å². The van der Waals surface area contributed by atoms with Gasteiger partial charge in [0.05, 0.1) is 21.6 Å². The van der Waals surface area contributed by atoms with Crippen molar-refractivity contribution in [3.63, 3.8) is 0 Å². The highest BCUT2D eigenvalue weighted by Gasteiger charge is 2.05. The Bertz CT molecular complexity index is 662. The largest absolute Gasteiger partial charge is 0.352 e. The molecule has 0 fully saturated rings. The fraction of sp³-hybridized carbons (Fsp3) is 0.200. The molecule has 2 heterocycles. The van der Waals surface area contributed by atoms with E-state index >= 15 is 0 Å². The molecule has 3 nitrogen and oxygen atoms in total. The van der Waals surface area contributed by atoms with Crippen LogP contribution in [0.1, 0.15) is 26.5 Å². The normalized spacial score (nSPS) is 11.4. The van der Waals surface area contributed by atoms with Gasteiger partial charge in [-0.15, -0.1) is 11.3 Å². The summed E-state index contributed by atoms with van der Waals surface area (Å²) in [5.74, 6) is 0. The molecule has 0 amide bonds. The number of fused-ring (bicyclic) bond motifs is 1. The van der Waals surface area contributed by atoms with Crippen LogP contribution in [0.4, 0.5) is 0 Å². The summed E-state index contributed by atoms with van der Waals surface area (Å²) in [4.78, 5) is 18.9. The SMILES string of the molecule is C=N/C(=C\C=C/C)c1cc(=O)c2sccc2[nH]1.CC. The Morgan fingerprint density at radius 3 is 2.84 bits per heavy atom. The number of hydrogen-bond acceptors (Lipinski definition) is 3. The van der Waals surface area contributed by atoms with Crippen molar-refractivity contribution in [3.05, 3.63) is 51.7 Å². The van der Waals surface area contributed by atoms with Crippen LogP contribution in [0, 0.1) is 0 Å². The van der Waals surface area contributed by atoms with Crippen LogP contribution < -0.4 is 5.43 Å². The third-order valence-corrected chi connectivity index (χ3v) is 3.26. The maximum absolute atomic E-state index is 11.8. The molecule has 2 aromatic rings. The minimum atomic E-state index is 0.0128. The molecule has 0 aromatic carbocycles. The highest BCUT2D eigenvalue weighted by atomic mass is 32.1. The molecule has 2 aromatic heterocycles. The summed E-state index contributed by atoms with van der Waals surface area (Å²) in [6.45, 7) is 9.43. The van der Waals surface area contributed by atoms with Crippen molar-refractivity contribution in [1.29, 1.82) is 0 Å². The first-order valence-corrected chi connectivity index (χ1v) is 7.05. The second-order valence-electron chi connectivity index (χ2n) is 3.45. The quantitative estimate of drug-likeness (QED) is 0.660. The number of pyridine rings is 1. The number of hydrogen-bond donors (Lipinski definition) is 1. The number of nitrogens with one attached hydrogen (secondary N) is 1. The predicted octanol–water partition coefficient (Wildman–Crippen LogP) is 4.23. The average Bonchev–Trinajstić information content (AvgIpc) is 2.91. The monoisotopic (exact) mass is 274 g/mol. The summed E-state index contributed by atoms with van der Waals surface area (Å²) in [6, 6.07) is 3.45. The first kappa shape index (κ1) is 15.1. The number of aromatic amines is 1. The summed E-state index contributed by atoms with van der Waals surface area (Å²) in [6.07, 6.45) is 5.57. The molecule has 100 valence electrons. The molecule has 0 saturated heterocycles. The van der Waals surface area contributed by atoms with E-state index in [1.54, 1.807) is 6.07 Å². The molecule has 0 aliphatic rings. The highest BCUT2D eigenvalue weighted by molar-refractivity contribution is 7.17. The Morgan fingerprint density at radius 1 is 1.47 bits per heavy atom. The van der Waals surface area contributed by atoms with E-state index in [1.165, 1.54) is 11.3 Å². The van der Waals surface area contributed by atoms with Gasteiger partial charge in [0.25, 0.3) is 0 Å². The number of aromatic nitrogens is 1. The van der Waals surface area contributed by atoms with Gasteiger partial charge in [0.1, 0.15) is 0 Å². The van der Waals surface area contributed by atoms with Crippen LogP contribution >= 0.6 is 11.3 Å². The van der Waals surface area contributed by atoms with E-state index in [9.17, 15) is 4.79 Å². The van der Waals surface area contributed by atoms with Crippen LogP contribution in [0.3, 0.4) is 0 Å². The standard InChI is InChI=1S/C13H12N2OS.C2H6/c1-3-4-5-9(14-2)11-8-12(16)13-10(15-11)6-7-17-13;1-2/h3-8H,2H2,1H3,(H,15,16);1-2H3/b4-3-,9-5-;. The molecule has 0 aliphatic carbocycles. The molecule has 0 bridgehead atoms. The van der Waals surface area contributed by atoms with Crippen molar-refractivity contribution in [2.75, 3.05) is 0 Å². The molecular weight excluding hydrogens is 256 g/mol. The molecule has 19 heavy (non-hydrogen) atoms. The van der Waals surface area contributed by atoms with Crippen molar-refractivity contribution in [3.8, 4) is 0 Å². The Kier molecular flexibility index (Phi) is 5.96. The van der Waals surface area contributed by atoms with Crippen molar-refractivity contribution >= 4 is 34.0 Å². The van der Waals surface area contributed by atoms with Gasteiger partial charge in [-0.25, -0.2) is 0 Å². The van der Waals surface area contributed by atoms with E-state index < -0.39 is 0 Å². The molecule has 4 heteroatoms. The zero-order valence-electron chi connectivity index (χ0n) is 11.4. The molecule has 0 spiro atoms. The van der Waals surface area contributed by atoms with E-state index in [2.05, 4.69) is 16.7 Å². The van der Waals surface area contributed by atoms with Gasteiger partial charge in [0.15, 0.2) is 5.43 Å². The van der Waals surface area contributed by atoms with E-state index in [1.807, 2.05) is 50.4 Å². The van der Waals surface area contributed by atoms with Gasteiger partial charge in [-0.3, -0.25) is 9.79 Å². The van der Waals surface area contributed by atoms with Gasteiger partial charge in [-0.05, 0) is 31.2 Å². The third kappa shape index (κ3) is 3.51. The minimum Gasteiger partial charge on any atom is -0.352 e. The topological polar surface area (TPSA) is 45.2 Å². The number of aliphatic imine (C=N–C) groups is 1. The first-order valence-electron chi connectivity index (χ1n) is 6.17. The Morgan fingerprint density at radius 2 is 2.21 bits per heavy atom. The van der Waals surface area contributed by atoms with Crippen molar-refractivity contribution in [2.24, 2.45) is 4.99 Å². The number of H-pyrrole nitrogens is 1. The number of nitrogens with zero attached hydrogens (tertiary/aromatic N) is 1. The Hall–Kier alpha value is -1.94. The molecule has 0 aliphatic heterocycles. The summed E-state index contributed by atoms with van der Waals surface area (Å²) >= 11 is 1.44. The van der Waals surface area contributed by atoms with Gasteiger partial charge in [0.2, 0.25) is 0 Å². The number of rotatable bonds is 3. The summed E-state index contributed by atoms with van der Waals surface area (Å²) in [5, 5.41) is 1.89. The summed E-state index contributed by atoms with van der Waals surface area (Å²) in [7, 11) is 0. The molecule has 0 radical (unpaired) electrons. The smallest absolute Gasteiger partial charge is 0.200 e. The fourth-order valence-electron chi connectivity index (χ4n) is 1.53. The Balaban J connectivity index is 0.000000861. The number of allylic oxidation sites excluding steroid dienone is 3. The number of thiophene rings is 1. The van der Waals surface area contributed by atoms with Crippen molar-refractivity contribution < 1.29 is 0 Å². The fourth-order valence-corrected chi connectivity index (χ4v) is 2.29. The molecule has 1 N–H and O–H groups in total. The van der Waals surface area contributed by atoms with E-state index in [0.29, 0.717) is 11.4 Å². The van der Waals surface area contributed by atoms with Crippen LogP contribution in [0.25, 0.3) is 15.9 Å². The van der Waals surface area contributed by atoms with E-state index in [-0.39, 0.29) is 5.43 Å². The zero-order chi connectivity index (χ0) is 14.3. The van der Waals surface area contributed by atoms with Crippen molar-refractivity contribution in [2.45, 2.75) is 20.8 Å².